The normalized spacial score (nSPS) is 11.1. The van der Waals surface area contributed by atoms with Gasteiger partial charge in [-0.2, -0.15) is 0 Å². The number of sulfonamides is 1. The number of benzene rings is 2. The molecule has 0 saturated carbocycles. The monoisotopic (exact) mass is 353 g/mol. The van der Waals surface area contributed by atoms with Gasteiger partial charge in [0, 0.05) is 30.3 Å². The van der Waals surface area contributed by atoms with Gasteiger partial charge in [0.2, 0.25) is 0 Å². The molecule has 5 nitrogen and oxygen atoms in total. The molecular formula is C19H19N3O2S. The molecule has 25 heavy (non-hydrogen) atoms. The zero-order valence-electron chi connectivity index (χ0n) is 13.8. The summed E-state index contributed by atoms with van der Waals surface area (Å²) in [5.74, 6) is 0. The molecule has 2 aromatic carbocycles. The van der Waals surface area contributed by atoms with E-state index < -0.39 is 10.0 Å². The van der Waals surface area contributed by atoms with Gasteiger partial charge in [-0.3, -0.25) is 9.71 Å². The highest BCUT2D eigenvalue weighted by molar-refractivity contribution is 7.92. The third-order valence-corrected chi connectivity index (χ3v) is 5.04. The van der Waals surface area contributed by atoms with Crippen LogP contribution in [0.4, 0.5) is 11.4 Å². The van der Waals surface area contributed by atoms with Crippen LogP contribution in [-0.4, -0.2) is 13.4 Å². The van der Waals surface area contributed by atoms with Crippen molar-refractivity contribution in [2.45, 2.75) is 18.4 Å². The fraction of sp³-hybridized carbons (Fsp3) is 0.105. The highest BCUT2D eigenvalue weighted by atomic mass is 32.2. The first-order valence-electron chi connectivity index (χ1n) is 7.85. The Balaban J connectivity index is 1.66. The number of pyridine rings is 1. The Labute approximate surface area is 147 Å². The summed E-state index contributed by atoms with van der Waals surface area (Å²) >= 11 is 0. The Kier molecular flexibility index (Phi) is 5.00. The van der Waals surface area contributed by atoms with Crippen LogP contribution >= 0.6 is 0 Å². The molecule has 1 aromatic heterocycles. The lowest BCUT2D eigenvalue weighted by molar-refractivity contribution is 0.601. The minimum absolute atomic E-state index is 0.256. The zero-order valence-corrected chi connectivity index (χ0v) is 14.6. The molecule has 0 spiro atoms. The standard InChI is InChI=1S/C19H19N3O2S/c1-15-4-2-6-19(12-15)25(23,24)22-18-9-7-17(8-10-18)21-14-16-5-3-11-20-13-16/h2-13,21-22H,14H2,1H3. The Morgan fingerprint density at radius 1 is 0.960 bits per heavy atom. The highest BCUT2D eigenvalue weighted by Gasteiger charge is 2.13. The number of aryl methyl sites for hydroxylation is 1. The lowest BCUT2D eigenvalue weighted by atomic mass is 10.2. The molecule has 0 amide bonds. The molecule has 128 valence electrons. The lowest BCUT2D eigenvalue weighted by Gasteiger charge is -2.10. The van der Waals surface area contributed by atoms with Crippen molar-refractivity contribution in [3.63, 3.8) is 0 Å². The minimum atomic E-state index is -3.58. The van der Waals surface area contributed by atoms with Crippen molar-refractivity contribution in [3.8, 4) is 0 Å². The van der Waals surface area contributed by atoms with E-state index in [1.807, 2.05) is 37.3 Å². The Bertz CT molecular complexity index is 940. The van der Waals surface area contributed by atoms with Crippen LogP contribution in [0.5, 0.6) is 0 Å². The lowest BCUT2D eigenvalue weighted by Crippen LogP contribution is -2.13. The number of hydrogen-bond acceptors (Lipinski definition) is 4. The van der Waals surface area contributed by atoms with E-state index in [1.165, 1.54) is 0 Å². The molecule has 0 aliphatic carbocycles. The van der Waals surface area contributed by atoms with Crippen LogP contribution < -0.4 is 10.0 Å². The predicted octanol–water partition coefficient (Wildman–Crippen LogP) is 3.80. The van der Waals surface area contributed by atoms with Gasteiger partial charge in [0.15, 0.2) is 0 Å². The molecule has 0 aliphatic heterocycles. The topological polar surface area (TPSA) is 71.1 Å². The van der Waals surface area contributed by atoms with Crippen molar-refractivity contribution in [1.29, 1.82) is 0 Å². The quantitative estimate of drug-likeness (QED) is 0.707. The maximum absolute atomic E-state index is 12.4. The van der Waals surface area contributed by atoms with Crippen LogP contribution in [0.3, 0.4) is 0 Å². The van der Waals surface area contributed by atoms with Gasteiger partial charge in [-0.1, -0.05) is 18.2 Å². The summed E-state index contributed by atoms with van der Waals surface area (Å²) in [5, 5.41) is 3.27. The molecule has 0 atom stereocenters. The molecule has 0 radical (unpaired) electrons. The van der Waals surface area contributed by atoms with Gasteiger partial charge in [0.05, 0.1) is 4.90 Å². The Morgan fingerprint density at radius 3 is 2.40 bits per heavy atom. The van der Waals surface area contributed by atoms with Gasteiger partial charge in [0.1, 0.15) is 0 Å². The molecule has 3 aromatic rings. The predicted molar refractivity (Wildman–Crippen MR) is 100.0 cm³/mol. The third-order valence-electron chi connectivity index (χ3n) is 3.66. The molecule has 0 saturated heterocycles. The smallest absolute Gasteiger partial charge is 0.261 e. The van der Waals surface area contributed by atoms with Gasteiger partial charge in [-0.05, 0) is 60.5 Å². The first kappa shape index (κ1) is 17.0. The van der Waals surface area contributed by atoms with Crippen LogP contribution in [0.15, 0.2) is 78.0 Å². The van der Waals surface area contributed by atoms with Gasteiger partial charge < -0.3 is 5.32 Å². The van der Waals surface area contributed by atoms with Crippen molar-refractivity contribution in [2.75, 3.05) is 10.0 Å². The molecule has 0 bridgehead atoms. The summed E-state index contributed by atoms with van der Waals surface area (Å²) in [5.41, 5.74) is 3.40. The molecule has 0 unspecified atom stereocenters. The van der Waals surface area contributed by atoms with Crippen LogP contribution in [0.25, 0.3) is 0 Å². The summed E-state index contributed by atoms with van der Waals surface area (Å²) in [4.78, 5) is 4.33. The number of anilines is 2. The van der Waals surface area contributed by atoms with Gasteiger partial charge in [-0.25, -0.2) is 8.42 Å². The summed E-state index contributed by atoms with van der Waals surface area (Å²) in [6.45, 7) is 2.52. The van der Waals surface area contributed by atoms with Crippen molar-refractivity contribution >= 4 is 21.4 Å². The van der Waals surface area contributed by atoms with E-state index >= 15 is 0 Å². The SMILES string of the molecule is Cc1cccc(S(=O)(=O)Nc2ccc(NCc3cccnc3)cc2)c1. The summed E-state index contributed by atoms with van der Waals surface area (Å²) in [7, 11) is -3.58. The van der Waals surface area contributed by atoms with E-state index in [0.717, 1.165) is 16.8 Å². The van der Waals surface area contributed by atoms with E-state index in [4.69, 9.17) is 0 Å². The first-order chi connectivity index (χ1) is 12.0. The van der Waals surface area contributed by atoms with Crippen LogP contribution in [0.1, 0.15) is 11.1 Å². The largest absolute Gasteiger partial charge is 0.381 e. The van der Waals surface area contributed by atoms with Gasteiger partial charge >= 0.3 is 0 Å². The third kappa shape index (κ3) is 4.58. The molecule has 2 N–H and O–H groups in total. The van der Waals surface area contributed by atoms with Gasteiger partial charge in [0.25, 0.3) is 10.0 Å². The first-order valence-corrected chi connectivity index (χ1v) is 9.34. The number of rotatable bonds is 6. The summed E-state index contributed by atoms with van der Waals surface area (Å²) in [6.07, 6.45) is 3.54. The van der Waals surface area contributed by atoms with E-state index in [1.54, 1.807) is 42.7 Å². The van der Waals surface area contributed by atoms with Crippen molar-refractivity contribution in [1.82, 2.24) is 4.98 Å². The van der Waals surface area contributed by atoms with Crippen LogP contribution in [0.2, 0.25) is 0 Å². The zero-order chi connectivity index (χ0) is 17.7. The van der Waals surface area contributed by atoms with Crippen molar-refractivity contribution in [3.05, 3.63) is 84.2 Å². The average molecular weight is 353 g/mol. The molecule has 3 rings (SSSR count). The number of nitrogens with zero attached hydrogens (tertiary/aromatic N) is 1. The van der Waals surface area contributed by atoms with Crippen LogP contribution in [0, 0.1) is 6.92 Å². The fourth-order valence-electron chi connectivity index (χ4n) is 2.36. The van der Waals surface area contributed by atoms with Crippen LogP contribution in [-0.2, 0) is 16.6 Å². The average Bonchev–Trinajstić information content (AvgIpc) is 2.62. The van der Waals surface area contributed by atoms with E-state index in [-0.39, 0.29) is 4.90 Å². The minimum Gasteiger partial charge on any atom is -0.381 e. The van der Waals surface area contributed by atoms with Crippen molar-refractivity contribution < 1.29 is 8.42 Å². The maximum atomic E-state index is 12.4. The second-order valence-electron chi connectivity index (χ2n) is 5.71. The molecule has 0 fully saturated rings. The Morgan fingerprint density at radius 2 is 1.72 bits per heavy atom. The van der Waals surface area contributed by atoms with E-state index in [9.17, 15) is 8.42 Å². The fourth-order valence-corrected chi connectivity index (χ4v) is 3.52. The second-order valence-corrected chi connectivity index (χ2v) is 7.40. The van der Waals surface area contributed by atoms with Crippen molar-refractivity contribution in [2.24, 2.45) is 0 Å². The van der Waals surface area contributed by atoms with E-state index in [2.05, 4.69) is 15.0 Å². The van der Waals surface area contributed by atoms with Gasteiger partial charge in [-0.15, -0.1) is 0 Å². The highest BCUT2D eigenvalue weighted by Crippen LogP contribution is 2.19. The molecule has 6 heteroatoms. The maximum Gasteiger partial charge on any atom is 0.261 e. The molecular weight excluding hydrogens is 334 g/mol. The van der Waals surface area contributed by atoms with E-state index in [0.29, 0.717) is 12.2 Å². The number of aromatic nitrogens is 1. The molecule has 0 aliphatic rings. The number of hydrogen-bond donors (Lipinski definition) is 2. The summed E-state index contributed by atoms with van der Waals surface area (Å²) in [6, 6.07) is 17.8. The second kappa shape index (κ2) is 7.36. The Hall–Kier alpha value is -2.86. The summed E-state index contributed by atoms with van der Waals surface area (Å²) < 4.78 is 27.4. The number of nitrogens with one attached hydrogen (secondary N) is 2. The molecule has 1 heterocycles.